The zero-order valence-corrected chi connectivity index (χ0v) is 11.0. The Bertz CT molecular complexity index is 701. The Morgan fingerprint density at radius 3 is 2.32 bits per heavy atom. The number of halogens is 2. The highest BCUT2D eigenvalue weighted by atomic mass is 35.5. The summed E-state index contributed by atoms with van der Waals surface area (Å²) in [4.78, 5) is -0.0411. The van der Waals surface area contributed by atoms with Gasteiger partial charge in [0.25, 0.3) is 10.0 Å². The van der Waals surface area contributed by atoms with Gasteiger partial charge in [0.05, 0.1) is 15.6 Å². The van der Waals surface area contributed by atoms with Gasteiger partial charge < -0.3 is 5.11 Å². The molecule has 0 aromatic heterocycles. The molecule has 0 aliphatic heterocycles. The number of benzene rings is 2. The molecule has 0 amide bonds. The Hall–Kier alpha value is -1.79. The van der Waals surface area contributed by atoms with Crippen LogP contribution in [0.3, 0.4) is 0 Å². The number of hydrogen-bond acceptors (Lipinski definition) is 3. The van der Waals surface area contributed by atoms with Crippen LogP contribution in [0.15, 0.2) is 47.4 Å². The highest BCUT2D eigenvalue weighted by Gasteiger charge is 2.14. The summed E-state index contributed by atoms with van der Waals surface area (Å²) < 4.78 is 39.3. The second-order valence-electron chi connectivity index (χ2n) is 3.73. The maximum absolute atomic E-state index is 13.2. The van der Waals surface area contributed by atoms with E-state index in [9.17, 15) is 12.8 Å². The normalized spacial score (nSPS) is 11.3. The zero-order chi connectivity index (χ0) is 14.0. The van der Waals surface area contributed by atoms with E-state index in [-0.39, 0.29) is 21.4 Å². The van der Waals surface area contributed by atoms with Crippen molar-refractivity contribution >= 4 is 27.3 Å². The standard InChI is InChI=1S/C12H9ClFNO3S/c13-11-6-1-8(7-12(11)14)15-19(17,18)10-4-2-9(16)3-5-10/h1-7,15-16H. The third kappa shape index (κ3) is 3.15. The molecule has 0 saturated heterocycles. The molecule has 0 atom stereocenters. The van der Waals surface area contributed by atoms with Crippen LogP contribution in [-0.2, 0) is 10.0 Å². The average Bonchev–Trinajstić information content (AvgIpc) is 2.34. The fourth-order valence-electron chi connectivity index (χ4n) is 1.40. The Morgan fingerprint density at radius 1 is 1.11 bits per heavy atom. The van der Waals surface area contributed by atoms with E-state index in [2.05, 4.69) is 4.72 Å². The summed E-state index contributed by atoms with van der Waals surface area (Å²) in [7, 11) is -3.83. The molecule has 4 nitrogen and oxygen atoms in total. The number of aromatic hydroxyl groups is 1. The molecule has 0 aliphatic carbocycles. The van der Waals surface area contributed by atoms with Crippen molar-refractivity contribution in [3.8, 4) is 5.75 Å². The summed E-state index contributed by atoms with van der Waals surface area (Å²) in [6.07, 6.45) is 0. The molecule has 0 saturated carbocycles. The van der Waals surface area contributed by atoms with Gasteiger partial charge in [0.15, 0.2) is 0 Å². The van der Waals surface area contributed by atoms with E-state index in [1.807, 2.05) is 0 Å². The number of phenolic OH excluding ortho intramolecular Hbond substituents is 1. The second-order valence-corrected chi connectivity index (χ2v) is 5.82. The molecular formula is C12H9ClFNO3S. The van der Waals surface area contributed by atoms with Crippen LogP contribution in [0.2, 0.25) is 5.02 Å². The van der Waals surface area contributed by atoms with Crippen molar-refractivity contribution < 1.29 is 17.9 Å². The number of sulfonamides is 1. The molecule has 0 spiro atoms. The van der Waals surface area contributed by atoms with Gasteiger partial charge in [-0.2, -0.15) is 0 Å². The van der Waals surface area contributed by atoms with E-state index in [0.29, 0.717) is 0 Å². The number of phenols is 1. The molecular weight excluding hydrogens is 293 g/mol. The van der Waals surface area contributed by atoms with Crippen LogP contribution in [0.25, 0.3) is 0 Å². The lowest BCUT2D eigenvalue weighted by atomic mass is 10.3. The second kappa shape index (κ2) is 5.07. The minimum Gasteiger partial charge on any atom is -0.508 e. The molecule has 0 unspecified atom stereocenters. The van der Waals surface area contributed by atoms with Crippen molar-refractivity contribution in [1.82, 2.24) is 0 Å². The predicted octanol–water partition coefficient (Wildman–Crippen LogP) is 2.99. The third-order valence-electron chi connectivity index (χ3n) is 2.32. The summed E-state index contributed by atoms with van der Waals surface area (Å²) in [5.41, 5.74) is 0.0648. The van der Waals surface area contributed by atoms with E-state index in [4.69, 9.17) is 16.7 Å². The molecule has 0 radical (unpaired) electrons. The number of hydrogen-bond donors (Lipinski definition) is 2. The van der Waals surface area contributed by atoms with E-state index >= 15 is 0 Å². The summed E-state index contributed by atoms with van der Waals surface area (Å²) in [5, 5.41) is 9.01. The number of rotatable bonds is 3. The third-order valence-corrected chi connectivity index (χ3v) is 4.02. The van der Waals surface area contributed by atoms with Gasteiger partial charge in [-0.05, 0) is 42.5 Å². The Balaban J connectivity index is 2.30. The van der Waals surface area contributed by atoms with Crippen LogP contribution in [0.1, 0.15) is 0 Å². The van der Waals surface area contributed by atoms with Crippen LogP contribution in [0, 0.1) is 5.82 Å². The van der Waals surface area contributed by atoms with Crippen LogP contribution >= 0.6 is 11.6 Å². The Morgan fingerprint density at radius 2 is 1.74 bits per heavy atom. The molecule has 0 aliphatic rings. The molecule has 2 aromatic rings. The van der Waals surface area contributed by atoms with E-state index in [0.717, 1.165) is 6.07 Å². The van der Waals surface area contributed by atoms with Gasteiger partial charge >= 0.3 is 0 Å². The van der Waals surface area contributed by atoms with Gasteiger partial charge in [-0.25, -0.2) is 12.8 Å². The fraction of sp³-hybridized carbons (Fsp3) is 0. The van der Waals surface area contributed by atoms with Crippen LogP contribution < -0.4 is 4.72 Å². The largest absolute Gasteiger partial charge is 0.508 e. The molecule has 0 fully saturated rings. The SMILES string of the molecule is O=S(=O)(Nc1ccc(Cl)c(F)c1)c1ccc(O)cc1. The van der Waals surface area contributed by atoms with E-state index < -0.39 is 15.8 Å². The number of nitrogens with one attached hydrogen (secondary N) is 1. The lowest BCUT2D eigenvalue weighted by Crippen LogP contribution is -2.12. The van der Waals surface area contributed by atoms with E-state index in [1.165, 1.54) is 36.4 Å². The van der Waals surface area contributed by atoms with Gasteiger partial charge in [0, 0.05) is 0 Å². The van der Waals surface area contributed by atoms with Crippen LogP contribution in [-0.4, -0.2) is 13.5 Å². The number of anilines is 1. The monoisotopic (exact) mass is 301 g/mol. The van der Waals surface area contributed by atoms with Crippen LogP contribution in [0.4, 0.5) is 10.1 Å². The fourth-order valence-corrected chi connectivity index (χ4v) is 2.57. The van der Waals surface area contributed by atoms with Gasteiger partial charge in [-0.15, -0.1) is 0 Å². The van der Waals surface area contributed by atoms with Gasteiger partial charge in [-0.1, -0.05) is 11.6 Å². The van der Waals surface area contributed by atoms with Crippen molar-refractivity contribution in [1.29, 1.82) is 0 Å². The first-order valence-electron chi connectivity index (χ1n) is 5.15. The van der Waals surface area contributed by atoms with E-state index in [1.54, 1.807) is 0 Å². The predicted molar refractivity (Wildman–Crippen MR) is 70.3 cm³/mol. The van der Waals surface area contributed by atoms with Crippen molar-refractivity contribution in [2.75, 3.05) is 4.72 Å². The first-order chi connectivity index (χ1) is 8.88. The first kappa shape index (κ1) is 13.6. The lowest BCUT2D eigenvalue weighted by molar-refractivity contribution is 0.475. The van der Waals surface area contributed by atoms with Crippen LogP contribution in [0.5, 0.6) is 5.75 Å². The maximum Gasteiger partial charge on any atom is 0.261 e. The van der Waals surface area contributed by atoms with Gasteiger partial charge in [0.2, 0.25) is 0 Å². The first-order valence-corrected chi connectivity index (χ1v) is 7.01. The molecule has 7 heteroatoms. The zero-order valence-electron chi connectivity index (χ0n) is 9.47. The Kier molecular flexibility index (Phi) is 3.64. The Labute approximate surface area is 114 Å². The van der Waals surface area contributed by atoms with Gasteiger partial charge in [-0.3, -0.25) is 4.72 Å². The molecule has 100 valence electrons. The average molecular weight is 302 g/mol. The smallest absolute Gasteiger partial charge is 0.261 e. The summed E-state index contributed by atoms with van der Waals surface area (Å²) in [6.45, 7) is 0. The highest BCUT2D eigenvalue weighted by Crippen LogP contribution is 2.22. The quantitative estimate of drug-likeness (QED) is 0.916. The lowest BCUT2D eigenvalue weighted by Gasteiger charge is -2.08. The van der Waals surface area contributed by atoms with Crippen molar-refractivity contribution in [2.45, 2.75) is 4.90 Å². The van der Waals surface area contributed by atoms with Crippen molar-refractivity contribution in [2.24, 2.45) is 0 Å². The van der Waals surface area contributed by atoms with Crippen molar-refractivity contribution in [3.63, 3.8) is 0 Å². The molecule has 2 aromatic carbocycles. The maximum atomic E-state index is 13.2. The minimum absolute atomic E-state index is 0.0411. The molecule has 2 N–H and O–H groups in total. The summed E-state index contributed by atoms with van der Waals surface area (Å²) in [6, 6.07) is 8.57. The molecule has 0 heterocycles. The summed E-state index contributed by atoms with van der Waals surface area (Å²) in [5.74, 6) is -0.760. The topological polar surface area (TPSA) is 66.4 Å². The summed E-state index contributed by atoms with van der Waals surface area (Å²) >= 11 is 5.51. The molecule has 2 rings (SSSR count). The molecule has 0 bridgehead atoms. The minimum atomic E-state index is -3.83. The molecule has 19 heavy (non-hydrogen) atoms. The van der Waals surface area contributed by atoms with Crippen molar-refractivity contribution in [3.05, 3.63) is 53.3 Å². The highest BCUT2D eigenvalue weighted by molar-refractivity contribution is 7.92. The van der Waals surface area contributed by atoms with Gasteiger partial charge in [0.1, 0.15) is 11.6 Å².